The molecule has 2 saturated heterocycles. The summed E-state index contributed by atoms with van der Waals surface area (Å²) >= 11 is 5.30. The molecule has 3 rings (SSSR count). The molecule has 0 aliphatic carbocycles. The maximum absolute atomic E-state index is 12.4. The van der Waals surface area contributed by atoms with Crippen molar-refractivity contribution in [1.29, 1.82) is 0 Å². The van der Waals surface area contributed by atoms with Crippen LogP contribution in [0.25, 0.3) is 0 Å². The highest BCUT2D eigenvalue weighted by molar-refractivity contribution is 9.10. The van der Waals surface area contributed by atoms with E-state index < -0.39 is 0 Å². The number of hydrogen-bond donors (Lipinski definition) is 1. The van der Waals surface area contributed by atoms with Gasteiger partial charge >= 0.3 is 0 Å². The molecule has 1 aromatic rings. The molecule has 128 valence electrons. The zero-order valence-electron chi connectivity index (χ0n) is 13.3. The van der Waals surface area contributed by atoms with E-state index in [-0.39, 0.29) is 18.3 Å². The van der Waals surface area contributed by atoms with Gasteiger partial charge in [0, 0.05) is 46.7 Å². The third-order valence-electron chi connectivity index (χ3n) is 4.80. The number of halogens is 2. The molecule has 1 amide bonds. The first kappa shape index (κ1) is 19.1. The Hall–Kier alpha value is -0.230. The van der Waals surface area contributed by atoms with Crippen LogP contribution in [0, 0.1) is 0 Å². The van der Waals surface area contributed by atoms with Gasteiger partial charge in [0.1, 0.15) is 0 Å². The Balaban J connectivity index is 0.00000192. The van der Waals surface area contributed by atoms with E-state index >= 15 is 0 Å². The highest BCUT2D eigenvalue weighted by atomic mass is 79.9. The SMILES string of the molecule is CN(C(=O)CCSc1ccccc1Br)C1CC2CCC(C1)N2.Cl. The highest BCUT2D eigenvalue weighted by Gasteiger charge is 2.36. The zero-order valence-corrected chi connectivity index (χ0v) is 16.6. The van der Waals surface area contributed by atoms with E-state index in [0.717, 1.165) is 23.1 Å². The molecule has 3 nitrogen and oxygen atoms in total. The van der Waals surface area contributed by atoms with Gasteiger partial charge in [-0.2, -0.15) is 0 Å². The molecule has 2 aliphatic heterocycles. The van der Waals surface area contributed by atoms with Crippen LogP contribution in [0.5, 0.6) is 0 Å². The number of rotatable bonds is 5. The van der Waals surface area contributed by atoms with Crippen LogP contribution in [-0.4, -0.2) is 41.7 Å². The zero-order chi connectivity index (χ0) is 15.5. The number of hydrogen-bond acceptors (Lipinski definition) is 3. The van der Waals surface area contributed by atoms with Crippen molar-refractivity contribution in [2.75, 3.05) is 12.8 Å². The largest absolute Gasteiger partial charge is 0.343 e. The fraction of sp³-hybridized carbons (Fsp3) is 0.588. The van der Waals surface area contributed by atoms with Crippen molar-refractivity contribution < 1.29 is 4.79 Å². The third-order valence-corrected chi connectivity index (χ3v) is 6.83. The predicted molar refractivity (Wildman–Crippen MR) is 102 cm³/mol. The van der Waals surface area contributed by atoms with E-state index in [1.807, 2.05) is 30.1 Å². The Morgan fingerprint density at radius 3 is 2.61 bits per heavy atom. The standard InChI is InChI=1S/C17H23BrN2OS.ClH/c1-20(14-10-12-6-7-13(11-14)19-12)17(21)8-9-22-16-5-3-2-4-15(16)18;/h2-5,12-14,19H,6-11H2,1H3;1H. The number of amides is 1. The van der Waals surface area contributed by atoms with Gasteiger partial charge in [-0.15, -0.1) is 24.2 Å². The molecule has 2 unspecified atom stereocenters. The van der Waals surface area contributed by atoms with Gasteiger partial charge in [-0.3, -0.25) is 4.79 Å². The molecule has 2 heterocycles. The van der Waals surface area contributed by atoms with Crippen molar-refractivity contribution in [3.8, 4) is 0 Å². The van der Waals surface area contributed by atoms with Crippen LogP contribution in [-0.2, 0) is 4.79 Å². The predicted octanol–water partition coefficient (Wildman–Crippen LogP) is 4.09. The summed E-state index contributed by atoms with van der Waals surface area (Å²) in [6.45, 7) is 0. The van der Waals surface area contributed by atoms with Crippen molar-refractivity contribution >= 4 is 46.0 Å². The smallest absolute Gasteiger partial charge is 0.223 e. The normalized spacial score (nSPS) is 25.7. The Bertz CT molecular complexity index is 533. The number of carbonyl (C=O) groups is 1. The van der Waals surface area contributed by atoms with E-state index in [2.05, 4.69) is 27.3 Å². The first-order valence-corrected chi connectivity index (χ1v) is 9.80. The lowest BCUT2D eigenvalue weighted by atomic mass is 9.98. The number of fused-ring (bicyclic) bond motifs is 2. The molecule has 1 N–H and O–H groups in total. The van der Waals surface area contributed by atoms with Crippen LogP contribution in [0.1, 0.15) is 32.1 Å². The number of thioether (sulfide) groups is 1. The highest BCUT2D eigenvalue weighted by Crippen LogP contribution is 2.30. The topological polar surface area (TPSA) is 32.3 Å². The lowest BCUT2D eigenvalue weighted by molar-refractivity contribution is -0.132. The van der Waals surface area contributed by atoms with Gasteiger partial charge in [0.05, 0.1) is 0 Å². The molecule has 0 radical (unpaired) electrons. The van der Waals surface area contributed by atoms with E-state index in [4.69, 9.17) is 0 Å². The monoisotopic (exact) mass is 418 g/mol. The minimum Gasteiger partial charge on any atom is -0.343 e. The van der Waals surface area contributed by atoms with Gasteiger partial charge in [-0.05, 0) is 53.7 Å². The summed E-state index contributed by atoms with van der Waals surface area (Å²) in [6, 6.07) is 9.88. The van der Waals surface area contributed by atoms with Crippen LogP contribution in [0.4, 0.5) is 0 Å². The number of benzene rings is 1. The van der Waals surface area contributed by atoms with Crippen molar-refractivity contribution in [3.05, 3.63) is 28.7 Å². The van der Waals surface area contributed by atoms with Crippen LogP contribution < -0.4 is 5.32 Å². The summed E-state index contributed by atoms with van der Waals surface area (Å²) in [7, 11) is 1.99. The molecule has 1 aromatic carbocycles. The number of nitrogens with zero attached hydrogens (tertiary/aromatic N) is 1. The molecular formula is C17H24BrClN2OS. The summed E-state index contributed by atoms with van der Waals surface area (Å²) in [6.07, 6.45) is 5.41. The lowest BCUT2D eigenvalue weighted by Crippen LogP contribution is -2.48. The van der Waals surface area contributed by atoms with E-state index in [9.17, 15) is 4.79 Å². The summed E-state index contributed by atoms with van der Waals surface area (Å²) in [5, 5.41) is 3.64. The van der Waals surface area contributed by atoms with Gasteiger partial charge in [0.2, 0.25) is 5.91 Å². The number of nitrogens with one attached hydrogen (secondary N) is 1. The van der Waals surface area contributed by atoms with Gasteiger partial charge in [-0.1, -0.05) is 12.1 Å². The number of carbonyl (C=O) groups excluding carboxylic acids is 1. The third kappa shape index (κ3) is 4.88. The molecule has 0 spiro atoms. The molecule has 23 heavy (non-hydrogen) atoms. The van der Waals surface area contributed by atoms with Crippen LogP contribution >= 0.6 is 40.1 Å². The Kier molecular flexibility index (Phi) is 7.26. The molecule has 0 saturated carbocycles. The van der Waals surface area contributed by atoms with Crippen molar-refractivity contribution in [3.63, 3.8) is 0 Å². The minimum absolute atomic E-state index is 0. The summed E-state index contributed by atoms with van der Waals surface area (Å²) in [5.41, 5.74) is 0. The maximum Gasteiger partial charge on any atom is 0.223 e. The summed E-state index contributed by atoms with van der Waals surface area (Å²) in [5.74, 6) is 1.12. The van der Waals surface area contributed by atoms with E-state index in [0.29, 0.717) is 24.5 Å². The Labute approximate surface area is 157 Å². The first-order valence-electron chi connectivity index (χ1n) is 8.02. The molecular weight excluding hydrogens is 396 g/mol. The van der Waals surface area contributed by atoms with Gasteiger partial charge in [0.25, 0.3) is 0 Å². The van der Waals surface area contributed by atoms with Crippen molar-refractivity contribution in [2.24, 2.45) is 0 Å². The van der Waals surface area contributed by atoms with E-state index in [1.165, 1.54) is 17.7 Å². The Morgan fingerprint density at radius 1 is 1.30 bits per heavy atom. The summed E-state index contributed by atoms with van der Waals surface area (Å²) < 4.78 is 1.11. The molecule has 2 aliphatic rings. The van der Waals surface area contributed by atoms with Gasteiger partial charge < -0.3 is 10.2 Å². The van der Waals surface area contributed by atoms with Crippen LogP contribution in [0.2, 0.25) is 0 Å². The van der Waals surface area contributed by atoms with Crippen LogP contribution in [0.15, 0.2) is 33.6 Å². The van der Waals surface area contributed by atoms with Crippen molar-refractivity contribution in [1.82, 2.24) is 10.2 Å². The Morgan fingerprint density at radius 2 is 1.96 bits per heavy atom. The lowest BCUT2D eigenvalue weighted by Gasteiger charge is -2.35. The second-order valence-corrected chi connectivity index (χ2v) is 8.29. The number of piperidine rings is 1. The molecule has 2 atom stereocenters. The quantitative estimate of drug-likeness (QED) is 0.729. The molecule has 0 aromatic heterocycles. The van der Waals surface area contributed by atoms with Crippen LogP contribution in [0.3, 0.4) is 0 Å². The summed E-state index contributed by atoms with van der Waals surface area (Å²) in [4.78, 5) is 15.6. The molecule has 2 fully saturated rings. The van der Waals surface area contributed by atoms with E-state index in [1.54, 1.807) is 11.8 Å². The average molecular weight is 420 g/mol. The molecule has 6 heteroatoms. The fourth-order valence-electron chi connectivity index (χ4n) is 3.53. The first-order chi connectivity index (χ1) is 10.6. The fourth-order valence-corrected chi connectivity index (χ4v) is 5.04. The maximum atomic E-state index is 12.4. The van der Waals surface area contributed by atoms with Gasteiger partial charge in [0.15, 0.2) is 0 Å². The second-order valence-electron chi connectivity index (χ2n) is 6.30. The molecule has 2 bridgehead atoms. The average Bonchev–Trinajstić information content (AvgIpc) is 2.86. The van der Waals surface area contributed by atoms with Gasteiger partial charge in [-0.25, -0.2) is 0 Å². The van der Waals surface area contributed by atoms with Crippen molar-refractivity contribution in [2.45, 2.75) is 55.1 Å². The minimum atomic E-state index is 0. The second kappa shape index (κ2) is 8.75.